The second-order valence-electron chi connectivity index (χ2n) is 7.95. The molecule has 0 saturated heterocycles. The summed E-state index contributed by atoms with van der Waals surface area (Å²) < 4.78 is 4.88. The molecule has 0 radical (unpaired) electrons. The molecule has 1 amide bonds. The fraction of sp³-hybridized carbons (Fsp3) is 0.905. The molecule has 0 fully saturated rings. The van der Waals surface area contributed by atoms with Crippen LogP contribution < -0.4 is 16.4 Å². The van der Waals surface area contributed by atoms with Crippen LogP contribution >= 0.6 is 24.4 Å². The van der Waals surface area contributed by atoms with Crippen LogP contribution in [0.15, 0.2) is 0 Å². The minimum Gasteiger partial charge on any atom is -0.467 e. The molecule has 0 aromatic heterocycles. The third kappa shape index (κ3) is 11.2. The van der Waals surface area contributed by atoms with Crippen molar-refractivity contribution in [1.82, 2.24) is 15.5 Å². The Labute approximate surface area is 193 Å². The molecule has 178 valence electrons. The van der Waals surface area contributed by atoms with Gasteiger partial charge in [0.1, 0.15) is 6.04 Å². The van der Waals surface area contributed by atoms with Gasteiger partial charge in [-0.25, -0.2) is 4.79 Å². The molecule has 0 spiro atoms. The molecule has 0 bridgehead atoms. The number of hydrogen-bond acceptors (Lipinski definition) is 8. The maximum Gasteiger partial charge on any atom is 0.328 e. The van der Waals surface area contributed by atoms with E-state index in [9.17, 15) is 9.59 Å². The summed E-state index contributed by atoms with van der Waals surface area (Å²) in [7, 11) is 3.33. The molecule has 0 unspecified atom stereocenters. The minimum atomic E-state index is -0.612. The standard InChI is InChI=1S/C21H44N4O3S2/c1-7-9-19(20(26)24-17(10-11-30-6)21(27)28-5)25(4)13-18(15(3)8-2)23-12-16(22)14-29/h15-19,23,29H,7-14,22H2,1-6H3,(H,24,26)/t15-,16+,17-,18+,19-/m0/s1. The number of nitrogens with one attached hydrogen (secondary N) is 2. The summed E-state index contributed by atoms with van der Waals surface area (Å²) in [5.74, 6) is 1.33. The van der Waals surface area contributed by atoms with Crippen LogP contribution in [0, 0.1) is 5.92 Å². The number of rotatable bonds is 17. The Kier molecular flexibility index (Phi) is 16.8. The van der Waals surface area contributed by atoms with Gasteiger partial charge >= 0.3 is 5.97 Å². The molecule has 0 aromatic carbocycles. The molecule has 0 aliphatic carbocycles. The average Bonchev–Trinajstić information content (AvgIpc) is 2.75. The maximum absolute atomic E-state index is 13.1. The number of hydrogen-bond donors (Lipinski definition) is 4. The largest absolute Gasteiger partial charge is 0.467 e. The second kappa shape index (κ2) is 17.1. The molecule has 0 aliphatic heterocycles. The molecule has 7 nitrogen and oxygen atoms in total. The fourth-order valence-electron chi connectivity index (χ4n) is 3.25. The summed E-state index contributed by atoms with van der Waals surface area (Å²) in [6, 6.07) is -0.703. The molecule has 0 rings (SSSR count). The lowest BCUT2D eigenvalue weighted by Gasteiger charge is -2.34. The smallest absolute Gasteiger partial charge is 0.328 e. The van der Waals surface area contributed by atoms with Crippen LogP contribution in [0.2, 0.25) is 0 Å². The number of thiol groups is 1. The van der Waals surface area contributed by atoms with Crippen molar-refractivity contribution in [3.63, 3.8) is 0 Å². The first kappa shape index (κ1) is 29.5. The monoisotopic (exact) mass is 464 g/mol. The van der Waals surface area contributed by atoms with E-state index in [2.05, 4.69) is 48.9 Å². The van der Waals surface area contributed by atoms with Gasteiger partial charge in [0, 0.05) is 30.9 Å². The normalized spacial score (nSPS) is 16.6. The third-order valence-electron chi connectivity index (χ3n) is 5.50. The molecule has 0 heterocycles. The topological polar surface area (TPSA) is 96.7 Å². The molecular formula is C21H44N4O3S2. The number of nitrogens with two attached hydrogens (primary N) is 1. The van der Waals surface area contributed by atoms with Crippen LogP contribution in [0.4, 0.5) is 0 Å². The lowest BCUT2D eigenvalue weighted by Crippen LogP contribution is -2.55. The second-order valence-corrected chi connectivity index (χ2v) is 9.30. The highest BCUT2D eigenvalue weighted by Crippen LogP contribution is 2.14. The molecule has 0 aromatic rings. The predicted octanol–water partition coefficient (Wildman–Crippen LogP) is 1.76. The number of thioether (sulfide) groups is 1. The van der Waals surface area contributed by atoms with E-state index < -0.39 is 12.0 Å². The van der Waals surface area contributed by atoms with Crippen LogP contribution in [0.3, 0.4) is 0 Å². The number of carbonyl (C=O) groups is 2. The summed E-state index contributed by atoms with van der Waals surface area (Å²) in [6.07, 6.45) is 5.17. The Balaban J connectivity index is 5.22. The Bertz CT molecular complexity index is 485. The van der Waals surface area contributed by atoms with Gasteiger partial charge in [0.15, 0.2) is 0 Å². The highest BCUT2D eigenvalue weighted by molar-refractivity contribution is 7.98. The van der Waals surface area contributed by atoms with Crippen molar-refractivity contribution >= 4 is 36.3 Å². The van der Waals surface area contributed by atoms with E-state index in [1.54, 1.807) is 11.8 Å². The Morgan fingerprint density at radius 2 is 1.93 bits per heavy atom. The first-order chi connectivity index (χ1) is 14.2. The minimum absolute atomic E-state index is 0.00261. The summed E-state index contributed by atoms with van der Waals surface area (Å²) in [5.41, 5.74) is 6.02. The summed E-state index contributed by atoms with van der Waals surface area (Å²) >= 11 is 5.90. The quantitative estimate of drug-likeness (QED) is 0.192. The lowest BCUT2D eigenvalue weighted by atomic mass is 9.97. The van der Waals surface area contributed by atoms with E-state index in [1.165, 1.54) is 7.11 Å². The van der Waals surface area contributed by atoms with Crippen molar-refractivity contribution in [2.75, 3.05) is 45.0 Å². The van der Waals surface area contributed by atoms with Crippen LogP contribution in [0.25, 0.3) is 0 Å². The van der Waals surface area contributed by atoms with Gasteiger partial charge < -0.3 is 21.1 Å². The first-order valence-electron chi connectivity index (χ1n) is 10.9. The highest BCUT2D eigenvalue weighted by atomic mass is 32.2. The van der Waals surface area contributed by atoms with Gasteiger partial charge in [-0.05, 0) is 37.8 Å². The number of amides is 1. The van der Waals surface area contributed by atoms with Crippen molar-refractivity contribution in [2.24, 2.45) is 11.7 Å². The predicted molar refractivity (Wildman–Crippen MR) is 131 cm³/mol. The zero-order valence-corrected chi connectivity index (χ0v) is 21.4. The number of esters is 1. The number of ether oxygens (including phenoxy) is 1. The number of likely N-dealkylation sites (N-methyl/N-ethyl adjacent to an activating group) is 1. The molecule has 4 N–H and O–H groups in total. The van der Waals surface area contributed by atoms with E-state index in [1.807, 2.05) is 13.3 Å². The Morgan fingerprint density at radius 1 is 1.27 bits per heavy atom. The van der Waals surface area contributed by atoms with Gasteiger partial charge in [0.25, 0.3) is 0 Å². The lowest BCUT2D eigenvalue weighted by molar-refractivity contribution is -0.145. The molecule has 5 atom stereocenters. The van der Waals surface area contributed by atoms with Crippen LogP contribution in [0.5, 0.6) is 0 Å². The van der Waals surface area contributed by atoms with E-state index >= 15 is 0 Å². The van der Waals surface area contributed by atoms with Gasteiger partial charge in [-0.3, -0.25) is 9.69 Å². The van der Waals surface area contributed by atoms with Crippen LogP contribution in [-0.4, -0.2) is 86.0 Å². The van der Waals surface area contributed by atoms with E-state index in [-0.39, 0.29) is 24.0 Å². The molecular weight excluding hydrogens is 420 g/mol. The molecule has 30 heavy (non-hydrogen) atoms. The van der Waals surface area contributed by atoms with Crippen molar-refractivity contribution in [1.29, 1.82) is 0 Å². The molecule has 9 heteroatoms. The van der Waals surface area contributed by atoms with Gasteiger partial charge in [-0.15, -0.1) is 0 Å². The fourth-order valence-corrected chi connectivity index (χ4v) is 3.86. The van der Waals surface area contributed by atoms with Crippen molar-refractivity contribution in [2.45, 2.75) is 70.6 Å². The average molecular weight is 465 g/mol. The summed E-state index contributed by atoms with van der Waals surface area (Å²) in [6.45, 7) is 7.86. The van der Waals surface area contributed by atoms with Crippen molar-refractivity contribution in [3.05, 3.63) is 0 Å². The van der Waals surface area contributed by atoms with Crippen LogP contribution in [-0.2, 0) is 14.3 Å². The van der Waals surface area contributed by atoms with Crippen LogP contribution in [0.1, 0.15) is 46.5 Å². The summed E-state index contributed by atoms with van der Waals surface area (Å²) in [4.78, 5) is 27.3. The number of methoxy groups -OCH3 is 1. The van der Waals surface area contributed by atoms with Gasteiger partial charge in [-0.1, -0.05) is 33.6 Å². The number of carbonyl (C=O) groups excluding carboxylic acids is 2. The van der Waals surface area contributed by atoms with Gasteiger partial charge in [0.2, 0.25) is 5.91 Å². The zero-order valence-electron chi connectivity index (χ0n) is 19.6. The number of nitrogens with zero attached hydrogens (tertiary/aromatic N) is 1. The molecule has 0 saturated carbocycles. The van der Waals surface area contributed by atoms with E-state index in [0.717, 1.165) is 31.6 Å². The summed E-state index contributed by atoms with van der Waals surface area (Å²) in [5, 5.41) is 6.49. The molecule has 0 aliphatic rings. The van der Waals surface area contributed by atoms with Crippen molar-refractivity contribution < 1.29 is 14.3 Å². The van der Waals surface area contributed by atoms with Crippen molar-refractivity contribution in [3.8, 4) is 0 Å². The highest BCUT2D eigenvalue weighted by Gasteiger charge is 2.30. The SMILES string of the molecule is CCC[C@@H](C(=O)N[C@@H](CCSC)C(=O)OC)N(C)C[C@@H](NC[C@@H](N)CS)[C@@H](C)CC. The third-order valence-corrected chi connectivity index (χ3v) is 6.61. The Hall–Kier alpha value is -0.480. The van der Waals surface area contributed by atoms with E-state index in [0.29, 0.717) is 24.6 Å². The maximum atomic E-state index is 13.1. The van der Waals surface area contributed by atoms with E-state index in [4.69, 9.17) is 10.5 Å². The zero-order chi connectivity index (χ0) is 23.1. The van der Waals surface area contributed by atoms with Gasteiger partial charge in [0.05, 0.1) is 13.2 Å². The Morgan fingerprint density at radius 3 is 2.43 bits per heavy atom. The van der Waals surface area contributed by atoms with Gasteiger partial charge in [-0.2, -0.15) is 24.4 Å². The first-order valence-corrected chi connectivity index (χ1v) is 12.9.